The van der Waals surface area contributed by atoms with E-state index in [1.807, 2.05) is 24.3 Å². The lowest BCUT2D eigenvalue weighted by atomic mass is 9.87. The van der Waals surface area contributed by atoms with Gasteiger partial charge in [-0.25, -0.2) is 0 Å². The number of hydrogen-bond donors (Lipinski definition) is 0. The minimum atomic E-state index is 0.143. The van der Waals surface area contributed by atoms with Crippen molar-refractivity contribution in [3.8, 4) is 0 Å². The van der Waals surface area contributed by atoms with Crippen LogP contribution in [0.2, 0.25) is 15.1 Å². The van der Waals surface area contributed by atoms with Crippen LogP contribution >= 0.6 is 34.8 Å². The normalized spacial score (nSPS) is 17.0. The van der Waals surface area contributed by atoms with E-state index >= 15 is 0 Å². The van der Waals surface area contributed by atoms with Gasteiger partial charge < -0.3 is 4.79 Å². The molecule has 5 heteroatoms. The molecule has 1 atom stereocenters. The summed E-state index contributed by atoms with van der Waals surface area (Å²) < 4.78 is 0. The van der Waals surface area contributed by atoms with Crippen molar-refractivity contribution in [3.63, 3.8) is 0 Å². The van der Waals surface area contributed by atoms with Gasteiger partial charge in [-0.05, 0) is 80.6 Å². The zero-order valence-electron chi connectivity index (χ0n) is 15.4. The van der Waals surface area contributed by atoms with E-state index in [1.54, 1.807) is 13.0 Å². The molecule has 1 unspecified atom stereocenters. The van der Waals surface area contributed by atoms with Crippen LogP contribution in [0.15, 0.2) is 42.5 Å². The van der Waals surface area contributed by atoms with Crippen LogP contribution in [0.25, 0.3) is 0 Å². The third kappa shape index (κ3) is 5.48. The van der Waals surface area contributed by atoms with Crippen LogP contribution < -0.4 is 0 Å². The predicted octanol–water partition coefficient (Wildman–Crippen LogP) is 6.94. The quantitative estimate of drug-likeness (QED) is 0.500. The molecular weight excluding hydrogens is 401 g/mol. The van der Waals surface area contributed by atoms with Crippen LogP contribution in [0.4, 0.5) is 0 Å². The number of Topliss-reactive ketones (excluding diaryl/α,β-unsaturated/α-hetero) is 1. The van der Waals surface area contributed by atoms with Crippen molar-refractivity contribution in [2.24, 2.45) is 0 Å². The molecular formula is C22H24Cl3NO. The summed E-state index contributed by atoms with van der Waals surface area (Å²) in [4.78, 5) is 14.0. The summed E-state index contributed by atoms with van der Waals surface area (Å²) in [5.74, 6) is 0.758. The lowest BCUT2D eigenvalue weighted by Crippen LogP contribution is -2.36. The second kappa shape index (κ2) is 9.43. The number of ketones is 1. The van der Waals surface area contributed by atoms with Gasteiger partial charge in [-0.15, -0.1) is 0 Å². The molecule has 0 spiro atoms. The molecule has 0 bridgehead atoms. The Morgan fingerprint density at radius 1 is 1.04 bits per heavy atom. The molecule has 0 aromatic heterocycles. The van der Waals surface area contributed by atoms with E-state index in [9.17, 15) is 4.79 Å². The van der Waals surface area contributed by atoms with E-state index in [-0.39, 0.29) is 11.8 Å². The summed E-state index contributed by atoms with van der Waals surface area (Å²) in [6, 6.07) is 14.0. The molecule has 1 fully saturated rings. The lowest BCUT2D eigenvalue weighted by molar-refractivity contribution is -0.117. The van der Waals surface area contributed by atoms with E-state index in [4.69, 9.17) is 34.8 Å². The maximum atomic E-state index is 11.6. The van der Waals surface area contributed by atoms with Crippen molar-refractivity contribution < 1.29 is 4.79 Å². The second-order valence-electron chi connectivity index (χ2n) is 7.28. The Morgan fingerprint density at radius 3 is 2.26 bits per heavy atom. The van der Waals surface area contributed by atoms with Gasteiger partial charge in [0, 0.05) is 27.5 Å². The topological polar surface area (TPSA) is 20.3 Å². The van der Waals surface area contributed by atoms with Crippen LogP contribution in [0.3, 0.4) is 0 Å². The molecule has 3 rings (SSSR count). The van der Waals surface area contributed by atoms with Crippen molar-refractivity contribution in [1.29, 1.82) is 0 Å². The molecule has 1 aliphatic heterocycles. The van der Waals surface area contributed by atoms with E-state index in [2.05, 4.69) is 17.0 Å². The van der Waals surface area contributed by atoms with E-state index < -0.39 is 0 Å². The Kier molecular flexibility index (Phi) is 7.22. The van der Waals surface area contributed by atoms with Crippen molar-refractivity contribution >= 4 is 40.6 Å². The Hall–Kier alpha value is -1.06. The Labute approximate surface area is 176 Å². The number of halogens is 3. The van der Waals surface area contributed by atoms with Gasteiger partial charge in [0.25, 0.3) is 0 Å². The fourth-order valence-electron chi connectivity index (χ4n) is 3.93. The zero-order chi connectivity index (χ0) is 19.4. The largest absolute Gasteiger partial charge is 0.300 e. The van der Waals surface area contributed by atoms with Crippen LogP contribution in [0.5, 0.6) is 0 Å². The number of hydrogen-bond acceptors (Lipinski definition) is 2. The Balaban J connectivity index is 1.73. The molecule has 0 radical (unpaired) electrons. The van der Waals surface area contributed by atoms with E-state index in [0.717, 1.165) is 42.9 Å². The first kappa shape index (κ1) is 20.7. The highest BCUT2D eigenvalue weighted by Crippen LogP contribution is 2.37. The minimum absolute atomic E-state index is 0.143. The fraction of sp³-hybridized carbons (Fsp3) is 0.409. The number of carbonyl (C=O) groups excluding carboxylic acids is 1. The van der Waals surface area contributed by atoms with E-state index in [0.29, 0.717) is 22.4 Å². The molecule has 1 saturated heterocycles. The van der Waals surface area contributed by atoms with Gasteiger partial charge in [-0.1, -0.05) is 53.0 Å². The van der Waals surface area contributed by atoms with Crippen molar-refractivity contribution in [2.75, 3.05) is 13.1 Å². The first-order valence-electron chi connectivity index (χ1n) is 9.38. The average molecular weight is 425 g/mol. The average Bonchev–Trinajstić information content (AvgIpc) is 2.64. The number of carbonyl (C=O) groups is 1. The predicted molar refractivity (Wildman–Crippen MR) is 114 cm³/mol. The molecule has 0 amide bonds. The molecule has 2 aromatic carbocycles. The highest BCUT2D eigenvalue weighted by atomic mass is 35.5. The smallest absolute Gasteiger partial charge is 0.129 e. The highest BCUT2D eigenvalue weighted by Gasteiger charge is 2.28. The molecule has 0 saturated carbocycles. The lowest BCUT2D eigenvalue weighted by Gasteiger charge is -2.38. The number of nitrogens with zero attached hydrogens (tertiary/aromatic N) is 1. The summed E-state index contributed by atoms with van der Waals surface area (Å²) in [5, 5.41) is 2.09. The van der Waals surface area contributed by atoms with Gasteiger partial charge in [0.1, 0.15) is 5.78 Å². The molecule has 144 valence electrons. The minimum Gasteiger partial charge on any atom is -0.300 e. The van der Waals surface area contributed by atoms with Gasteiger partial charge in [0.2, 0.25) is 0 Å². The van der Waals surface area contributed by atoms with Crippen LogP contribution in [-0.4, -0.2) is 23.8 Å². The van der Waals surface area contributed by atoms with Crippen molar-refractivity contribution in [1.82, 2.24) is 4.90 Å². The maximum absolute atomic E-state index is 11.6. The van der Waals surface area contributed by atoms with Gasteiger partial charge >= 0.3 is 0 Å². The van der Waals surface area contributed by atoms with Gasteiger partial charge in [-0.2, -0.15) is 0 Å². The van der Waals surface area contributed by atoms with Crippen LogP contribution in [0, 0.1) is 0 Å². The van der Waals surface area contributed by atoms with Crippen molar-refractivity contribution in [2.45, 2.75) is 44.6 Å². The van der Waals surface area contributed by atoms with E-state index in [1.165, 1.54) is 5.56 Å². The van der Waals surface area contributed by atoms with Gasteiger partial charge in [-0.3, -0.25) is 4.90 Å². The zero-order valence-corrected chi connectivity index (χ0v) is 17.7. The molecule has 27 heavy (non-hydrogen) atoms. The van der Waals surface area contributed by atoms with Crippen LogP contribution in [0.1, 0.15) is 55.7 Å². The summed E-state index contributed by atoms with van der Waals surface area (Å²) >= 11 is 18.6. The van der Waals surface area contributed by atoms with Crippen LogP contribution in [-0.2, 0) is 4.79 Å². The molecule has 1 heterocycles. The second-order valence-corrected chi connectivity index (χ2v) is 8.56. The van der Waals surface area contributed by atoms with Crippen molar-refractivity contribution in [3.05, 3.63) is 68.7 Å². The summed E-state index contributed by atoms with van der Waals surface area (Å²) in [6.07, 6.45) is 3.51. The standard InChI is InChI=1S/C22H24Cl3NO/c1-15(27)2-9-22(20-8-7-19(24)14-21(20)25)26-12-10-17(11-13-26)16-3-5-18(23)6-4-16/h3-8,14,17,22H,2,9-13H2,1H3. The molecule has 2 nitrogen and oxygen atoms in total. The van der Waals surface area contributed by atoms with Gasteiger partial charge in [0.15, 0.2) is 0 Å². The summed E-state index contributed by atoms with van der Waals surface area (Å²) in [5.41, 5.74) is 2.41. The Bertz CT molecular complexity index is 783. The van der Waals surface area contributed by atoms with Gasteiger partial charge in [0.05, 0.1) is 0 Å². The number of likely N-dealkylation sites (tertiary alicyclic amines) is 1. The first-order chi connectivity index (χ1) is 12.9. The number of benzene rings is 2. The SMILES string of the molecule is CC(=O)CCC(c1ccc(Cl)cc1Cl)N1CCC(c2ccc(Cl)cc2)CC1. The molecule has 0 aliphatic carbocycles. The number of piperidine rings is 1. The summed E-state index contributed by atoms with van der Waals surface area (Å²) in [7, 11) is 0. The molecule has 0 N–H and O–H groups in total. The summed E-state index contributed by atoms with van der Waals surface area (Å²) in [6.45, 7) is 3.61. The first-order valence-corrected chi connectivity index (χ1v) is 10.5. The number of rotatable bonds is 6. The third-order valence-corrected chi connectivity index (χ3v) is 6.22. The molecule has 2 aromatic rings. The Morgan fingerprint density at radius 2 is 1.67 bits per heavy atom. The maximum Gasteiger partial charge on any atom is 0.129 e. The molecule has 1 aliphatic rings. The third-order valence-electron chi connectivity index (χ3n) is 5.40. The fourth-order valence-corrected chi connectivity index (χ4v) is 4.59. The monoisotopic (exact) mass is 423 g/mol. The highest BCUT2D eigenvalue weighted by molar-refractivity contribution is 6.35.